The molecule has 0 bridgehead atoms. The maximum atomic E-state index is 5.59. The Morgan fingerprint density at radius 3 is 2.41 bits per heavy atom. The second-order valence-electron chi connectivity index (χ2n) is 4.95. The van der Waals surface area contributed by atoms with Crippen LogP contribution in [-0.2, 0) is 0 Å². The fraction of sp³-hybridized carbons (Fsp3) is 0.600. The molecule has 0 saturated heterocycles. The van der Waals surface area contributed by atoms with Crippen LogP contribution in [-0.4, -0.2) is 20.7 Å². The normalized spacial score (nSPS) is 14.5. The molecule has 0 aliphatic heterocycles. The van der Waals surface area contributed by atoms with Crippen molar-refractivity contribution in [3.05, 3.63) is 28.8 Å². The molecule has 0 aromatic heterocycles. The summed E-state index contributed by atoms with van der Waals surface area (Å²) in [5, 5.41) is 3.24. The summed E-state index contributed by atoms with van der Waals surface area (Å²) in [5.41, 5.74) is 3.87. The van der Waals surface area contributed by atoms with E-state index in [4.69, 9.17) is 4.74 Å². The van der Waals surface area contributed by atoms with E-state index in [1.165, 1.54) is 16.7 Å². The van der Waals surface area contributed by atoms with Gasteiger partial charge in [0.15, 0.2) is 0 Å². The monoisotopic (exact) mass is 235 g/mol. The fourth-order valence-corrected chi connectivity index (χ4v) is 2.25. The number of rotatable bonds is 5. The number of ether oxygens (including phenoxy) is 1. The third kappa shape index (κ3) is 3.01. The van der Waals surface area contributed by atoms with Crippen LogP contribution in [0.25, 0.3) is 0 Å². The molecule has 1 aromatic carbocycles. The molecule has 96 valence electrons. The lowest BCUT2D eigenvalue weighted by Crippen LogP contribution is -2.21. The average molecular weight is 235 g/mol. The molecule has 0 heterocycles. The minimum Gasteiger partial charge on any atom is -0.496 e. The van der Waals surface area contributed by atoms with Gasteiger partial charge in [-0.05, 0) is 56.0 Å². The van der Waals surface area contributed by atoms with E-state index in [-0.39, 0.29) is 0 Å². The number of hydrogen-bond acceptors (Lipinski definition) is 2. The molecule has 0 saturated carbocycles. The van der Waals surface area contributed by atoms with Crippen molar-refractivity contribution in [3.63, 3.8) is 0 Å². The summed E-state index contributed by atoms with van der Waals surface area (Å²) >= 11 is 0. The van der Waals surface area contributed by atoms with Gasteiger partial charge >= 0.3 is 0 Å². The van der Waals surface area contributed by atoms with Crippen molar-refractivity contribution in [2.75, 3.05) is 20.7 Å². The molecule has 0 aliphatic rings. The highest BCUT2D eigenvalue weighted by Gasteiger charge is 2.19. The van der Waals surface area contributed by atoms with Gasteiger partial charge in [0.05, 0.1) is 7.11 Å². The van der Waals surface area contributed by atoms with Gasteiger partial charge < -0.3 is 10.1 Å². The van der Waals surface area contributed by atoms with Gasteiger partial charge in [0, 0.05) is 0 Å². The van der Waals surface area contributed by atoms with E-state index in [1.807, 2.05) is 7.05 Å². The van der Waals surface area contributed by atoms with E-state index in [0.717, 1.165) is 12.3 Å². The molecule has 0 aliphatic carbocycles. The van der Waals surface area contributed by atoms with Crippen molar-refractivity contribution < 1.29 is 4.74 Å². The van der Waals surface area contributed by atoms with Gasteiger partial charge in [0.25, 0.3) is 0 Å². The standard InChI is InChI=1S/C15H25NO/c1-10-7-8-14(15(17-6)13(10)4)12(3)11(2)9-16-5/h7-8,11-12,16H,9H2,1-6H3. The van der Waals surface area contributed by atoms with Gasteiger partial charge in [0.2, 0.25) is 0 Å². The average Bonchev–Trinajstić information content (AvgIpc) is 2.31. The highest BCUT2D eigenvalue weighted by atomic mass is 16.5. The summed E-state index contributed by atoms with van der Waals surface area (Å²) in [5.74, 6) is 2.15. The summed E-state index contributed by atoms with van der Waals surface area (Å²) in [6.07, 6.45) is 0. The first-order chi connectivity index (χ1) is 8.02. The molecule has 1 aromatic rings. The van der Waals surface area contributed by atoms with E-state index < -0.39 is 0 Å². The van der Waals surface area contributed by atoms with E-state index >= 15 is 0 Å². The predicted molar refractivity (Wildman–Crippen MR) is 74.0 cm³/mol. The molecule has 17 heavy (non-hydrogen) atoms. The lowest BCUT2D eigenvalue weighted by atomic mass is 9.86. The zero-order chi connectivity index (χ0) is 13.0. The van der Waals surface area contributed by atoms with Crippen LogP contribution in [0.3, 0.4) is 0 Å². The van der Waals surface area contributed by atoms with Gasteiger partial charge in [-0.2, -0.15) is 0 Å². The summed E-state index contributed by atoms with van der Waals surface area (Å²) in [7, 11) is 3.77. The molecule has 0 spiro atoms. The molecule has 2 nitrogen and oxygen atoms in total. The lowest BCUT2D eigenvalue weighted by molar-refractivity contribution is 0.389. The van der Waals surface area contributed by atoms with Crippen LogP contribution in [0.4, 0.5) is 0 Å². The van der Waals surface area contributed by atoms with E-state index in [0.29, 0.717) is 11.8 Å². The molecule has 0 radical (unpaired) electrons. The quantitative estimate of drug-likeness (QED) is 0.845. The highest BCUT2D eigenvalue weighted by Crippen LogP contribution is 2.35. The van der Waals surface area contributed by atoms with E-state index in [2.05, 4.69) is 45.1 Å². The minimum absolute atomic E-state index is 0.497. The number of nitrogens with one attached hydrogen (secondary N) is 1. The summed E-state index contributed by atoms with van der Waals surface area (Å²) in [6.45, 7) is 9.83. The van der Waals surface area contributed by atoms with Crippen molar-refractivity contribution >= 4 is 0 Å². The maximum Gasteiger partial charge on any atom is 0.125 e. The predicted octanol–water partition coefficient (Wildman–Crippen LogP) is 3.27. The van der Waals surface area contributed by atoms with E-state index in [1.54, 1.807) is 7.11 Å². The third-order valence-electron chi connectivity index (χ3n) is 3.78. The van der Waals surface area contributed by atoms with Gasteiger partial charge in [-0.25, -0.2) is 0 Å². The number of benzene rings is 1. The highest BCUT2D eigenvalue weighted by molar-refractivity contribution is 5.47. The lowest BCUT2D eigenvalue weighted by Gasteiger charge is -2.23. The second-order valence-corrected chi connectivity index (χ2v) is 4.95. The van der Waals surface area contributed by atoms with Crippen LogP contribution in [0, 0.1) is 19.8 Å². The SMILES string of the molecule is CNCC(C)C(C)c1ccc(C)c(C)c1OC. The van der Waals surface area contributed by atoms with Crippen molar-refractivity contribution in [1.29, 1.82) is 0 Å². The Morgan fingerprint density at radius 1 is 1.24 bits per heavy atom. The molecule has 0 amide bonds. The molecule has 1 rings (SSSR count). The molecule has 2 unspecified atom stereocenters. The smallest absolute Gasteiger partial charge is 0.125 e. The van der Waals surface area contributed by atoms with Crippen LogP contribution in [0.15, 0.2) is 12.1 Å². The van der Waals surface area contributed by atoms with Gasteiger partial charge in [-0.3, -0.25) is 0 Å². The van der Waals surface area contributed by atoms with Crippen molar-refractivity contribution in [2.24, 2.45) is 5.92 Å². The Morgan fingerprint density at radius 2 is 1.88 bits per heavy atom. The summed E-state index contributed by atoms with van der Waals surface area (Å²) in [4.78, 5) is 0. The maximum absolute atomic E-state index is 5.59. The first-order valence-electron chi connectivity index (χ1n) is 6.31. The largest absolute Gasteiger partial charge is 0.496 e. The Labute approximate surface area is 105 Å². The van der Waals surface area contributed by atoms with Gasteiger partial charge in [-0.1, -0.05) is 26.0 Å². The van der Waals surface area contributed by atoms with Crippen LogP contribution in [0.2, 0.25) is 0 Å². The molecule has 2 heteroatoms. The second kappa shape index (κ2) is 6.06. The van der Waals surface area contributed by atoms with Crippen molar-refractivity contribution in [3.8, 4) is 5.75 Å². The van der Waals surface area contributed by atoms with Crippen molar-refractivity contribution in [1.82, 2.24) is 5.32 Å². The molecule has 1 N–H and O–H groups in total. The van der Waals surface area contributed by atoms with Crippen LogP contribution in [0.1, 0.15) is 36.5 Å². The van der Waals surface area contributed by atoms with Crippen molar-refractivity contribution in [2.45, 2.75) is 33.6 Å². The van der Waals surface area contributed by atoms with Crippen LogP contribution >= 0.6 is 0 Å². The van der Waals surface area contributed by atoms with Gasteiger partial charge in [0.1, 0.15) is 5.75 Å². The number of aryl methyl sites for hydroxylation is 1. The Kier molecular flexibility index (Phi) is 5.01. The molecular weight excluding hydrogens is 210 g/mol. The first-order valence-corrected chi connectivity index (χ1v) is 6.31. The Balaban J connectivity index is 3.09. The molecule has 0 fully saturated rings. The van der Waals surface area contributed by atoms with E-state index in [9.17, 15) is 0 Å². The number of hydrogen-bond donors (Lipinski definition) is 1. The van der Waals surface area contributed by atoms with Gasteiger partial charge in [-0.15, -0.1) is 0 Å². The summed E-state index contributed by atoms with van der Waals surface area (Å²) in [6, 6.07) is 4.40. The third-order valence-corrected chi connectivity index (χ3v) is 3.78. The molecular formula is C15H25NO. The van der Waals surface area contributed by atoms with Crippen LogP contribution in [0.5, 0.6) is 5.75 Å². The molecule has 2 atom stereocenters. The first kappa shape index (κ1) is 14.0. The fourth-order valence-electron chi connectivity index (χ4n) is 2.25. The Hall–Kier alpha value is -1.02. The number of methoxy groups -OCH3 is 1. The summed E-state index contributed by atoms with van der Waals surface area (Å²) < 4.78 is 5.59. The zero-order valence-corrected chi connectivity index (χ0v) is 11.9. The Bertz CT molecular complexity index is 373. The topological polar surface area (TPSA) is 21.3 Å². The zero-order valence-electron chi connectivity index (χ0n) is 11.9. The van der Waals surface area contributed by atoms with Crippen LogP contribution < -0.4 is 10.1 Å². The minimum atomic E-state index is 0.497.